The summed E-state index contributed by atoms with van der Waals surface area (Å²) in [4.78, 5) is 43.7. The highest BCUT2D eigenvalue weighted by atomic mass is 32.1. The molecule has 2 saturated heterocycles. The molecule has 33 heavy (non-hydrogen) atoms. The smallest absolute Gasteiger partial charge is 0.261 e. The number of nitrogens with two attached hydrogens (primary N) is 1. The van der Waals surface area contributed by atoms with Crippen LogP contribution in [0, 0.1) is 19.8 Å². The molecule has 2 fully saturated rings. The van der Waals surface area contributed by atoms with Gasteiger partial charge in [0, 0.05) is 42.2 Å². The first kappa shape index (κ1) is 23.4. The third kappa shape index (κ3) is 5.28. The summed E-state index contributed by atoms with van der Waals surface area (Å²) in [6.45, 7) is 6.48. The Kier molecular flexibility index (Phi) is 7.14. The number of nitrogens with one attached hydrogen (secondary N) is 1. The zero-order valence-corrected chi connectivity index (χ0v) is 20.1. The van der Waals surface area contributed by atoms with Crippen molar-refractivity contribution in [3.8, 4) is 0 Å². The number of carbonyl (C=O) groups is 3. The van der Waals surface area contributed by atoms with Gasteiger partial charge in [-0.3, -0.25) is 14.4 Å². The number of rotatable bonds is 6. The van der Waals surface area contributed by atoms with E-state index in [1.54, 1.807) is 4.90 Å². The van der Waals surface area contributed by atoms with Gasteiger partial charge < -0.3 is 20.9 Å². The van der Waals surface area contributed by atoms with Crippen molar-refractivity contribution in [1.82, 2.24) is 10.2 Å². The quantitative estimate of drug-likeness (QED) is 0.681. The molecule has 1 aromatic carbocycles. The lowest BCUT2D eigenvalue weighted by Crippen LogP contribution is -2.40. The van der Waals surface area contributed by atoms with Crippen molar-refractivity contribution in [2.24, 2.45) is 11.7 Å². The first-order valence-corrected chi connectivity index (χ1v) is 12.4. The number of thiophene rings is 1. The Balaban J connectivity index is 1.41. The first-order valence-electron chi connectivity index (χ1n) is 11.6. The maximum Gasteiger partial charge on any atom is 0.261 e. The summed E-state index contributed by atoms with van der Waals surface area (Å²) < 4.78 is 0. The Morgan fingerprint density at radius 2 is 2.00 bits per heavy atom. The number of piperidine rings is 1. The van der Waals surface area contributed by atoms with Gasteiger partial charge in [0.05, 0.1) is 10.9 Å². The largest absolute Gasteiger partial charge is 0.346 e. The fraction of sp³-hybridized carbons (Fsp3) is 0.480. The highest BCUT2D eigenvalue weighted by Gasteiger charge is 2.32. The SMILES string of the molecule is Cc1ccc(C(=O)NC2CC(=O)N(c3ccc(C(=O)N4CCCC(CCN)C4)c(C)c3)C2)s1. The molecule has 0 spiro atoms. The molecule has 2 atom stereocenters. The van der Waals surface area contributed by atoms with E-state index in [0.29, 0.717) is 29.4 Å². The van der Waals surface area contributed by atoms with Gasteiger partial charge in [-0.25, -0.2) is 0 Å². The van der Waals surface area contributed by atoms with Crippen LogP contribution in [0.2, 0.25) is 0 Å². The third-order valence-electron chi connectivity index (χ3n) is 6.56. The summed E-state index contributed by atoms with van der Waals surface area (Å²) >= 11 is 1.45. The number of carbonyl (C=O) groups excluding carboxylic acids is 3. The van der Waals surface area contributed by atoms with Crippen LogP contribution < -0.4 is 16.0 Å². The normalized spacial score (nSPS) is 20.9. The van der Waals surface area contributed by atoms with Crippen molar-refractivity contribution in [1.29, 1.82) is 0 Å². The maximum atomic E-state index is 13.1. The number of likely N-dealkylation sites (tertiary alicyclic amines) is 1. The second-order valence-electron chi connectivity index (χ2n) is 9.13. The number of benzene rings is 1. The van der Waals surface area contributed by atoms with Crippen LogP contribution in [0.3, 0.4) is 0 Å². The molecule has 0 saturated carbocycles. The molecule has 7 nitrogen and oxygen atoms in total. The first-order chi connectivity index (χ1) is 15.9. The van der Waals surface area contributed by atoms with Gasteiger partial charge in [0.15, 0.2) is 0 Å². The summed E-state index contributed by atoms with van der Waals surface area (Å²) in [5.41, 5.74) is 8.01. The van der Waals surface area contributed by atoms with Crippen molar-refractivity contribution < 1.29 is 14.4 Å². The Morgan fingerprint density at radius 1 is 1.18 bits per heavy atom. The lowest BCUT2D eigenvalue weighted by atomic mass is 9.94. The number of nitrogens with zero attached hydrogens (tertiary/aromatic N) is 2. The van der Waals surface area contributed by atoms with Crippen LogP contribution >= 0.6 is 11.3 Å². The van der Waals surface area contributed by atoms with E-state index in [4.69, 9.17) is 5.73 Å². The summed E-state index contributed by atoms with van der Waals surface area (Å²) in [5.74, 6) is 0.353. The van der Waals surface area contributed by atoms with Crippen LogP contribution in [-0.2, 0) is 4.79 Å². The molecule has 2 aliphatic rings. The van der Waals surface area contributed by atoms with Crippen molar-refractivity contribution in [2.45, 2.75) is 45.6 Å². The van der Waals surface area contributed by atoms with Crippen LogP contribution in [-0.4, -0.2) is 54.8 Å². The fourth-order valence-corrected chi connectivity index (χ4v) is 5.58. The van der Waals surface area contributed by atoms with E-state index in [9.17, 15) is 14.4 Å². The molecule has 0 bridgehead atoms. The van der Waals surface area contributed by atoms with Crippen molar-refractivity contribution >= 4 is 34.7 Å². The molecule has 3 heterocycles. The Hall–Kier alpha value is -2.71. The Morgan fingerprint density at radius 3 is 2.70 bits per heavy atom. The van der Waals surface area contributed by atoms with E-state index in [-0.39, 0.29) is 30.2 Å². The summed E-state index contributed by atoms with van der Waals surface area (Å²) in [7, 11) is 0. The van der Waals surface area contributed by atoms with Gasteiger partial charge in [-0.15, -0.1) is 11.3 Å². The third-order valence-corrected chi connectivity index (χ3v) is 7.56. The number of hydrogen-bond donors (Lipinski definition) is 2. The van der Waals surface area contributed by atoms with E-state index in [2.05, 4.69) is 5.32 Å². The Bertz CT molecular complexity index is 1050. The lowest BCUT2D eigenvalue weighted by Gasteiger charge is -2.33. The van der Waals surface area contributed by atoms with Gasteiger partial charge in [0.1, 0.15) is 0 Å². The molecule has 3 amide bonds. The average Bonchev–Trinajstić information content (AvgIpc) is 3.39. The topological polar surface area (TPSA) is 95.7 Å². The molecular formula is C25H32N4O3S. The zero-order chi connectivity index (χ0) is 23.5. The molecule has 176 valence electrons. The average molecular weight is 469 g/mol. The van der Waals surface area contributed by atoms with Gasteiger partial charge in [-0.05, 0) is 81.5 Å². The van der Waals surface area contributed by atoms with Crippen LogP contribution in [0.25, 0.3) is 0 Å². The van der Waals surface area contributed by atoms with E-state index < -0.39 is 0 Å². The van der Waals surface area contributed by atoms with E-state index in [1.165, 1.54) is 11.3 Å². The summed E-state index contributed by atoms with van der Waals surface area (Å²) in [5, 5.41) is 2.98. The monoisotopic (exact) mass is 468 g/mol. The van der Waals surface area contributed by atoms with Gasteiger partial charge >= 0.3 is 0 Å². The molecule has 2 aliphatic heterocycles. The van der Waals surface area contributed by atoms with Crippen molar-refractivity contribution in [3.63, 3.8) is 0 Å². The van der Waals surface area contributed by atoms with Gasteiger partial charge in [0.2, 0.25) is 5.91 Å². The van der Waals surface area contributed by atoms with Crippen LogP contribution in [0.15, 0.2) is 30.3 Å². The molecule has 8 heteroatoms. The summed E-state index contributed by atoms with van der Waals surface area (Å²) in [6.07, 6.45) is 3.35. The second-order valence-corrected chi connectivity index (χ2v) is 10.4. The molecule has 3 N–H and O–H groups in total. The minimum absolute atomic E-state index is 0.0261. The van der Waals surface area contributed by atoms with Crippen LogP contribution in [0.4, 0.5) is 5.69 Å². The van der Waals surface area contributed by atoms with E-state index in [1.807, 2.05) is 49.1 Å². The maximum absolute atomic E-state index is 13.1. The minimum atomic E-state index is -0.234. The van der Waals surface area contributed by atoms with Gasteiger partial charge in [-0.2, -0.15) is 0 Å². The minimum Gasteiger partial charge on any atom is -0.346 e. The molecule has 1 aromatic heterocycles. The highest BCUT2D eigenvalue weighted by molar-refractivity contribution is 7.13. The fourth-order valence-electron chi connectivity index (χ4n) is 4.81. The van der Waals surface area contributed by atoms with E-state index >= 15 is 0 Å². The molecule has 2 unspecified atom stereocenters. The number of amides is 3. The van der Waals surface area contributed by atoms with Gasteiger partial charge in [0.25, 0.3) is 11.8 Å². The number of anilines is 1. The summed E-state index contributed by atoms with van der Waals surface area (Å²) in [6, 6.07) is 9.06. The van der Waals surface area contributed by atoms with Crippen LogP contribution in [0.1, 0.15) is 56.2 Å². The highest BCUT2D eigenvalue weighted by Crippen LogP contribution is 2.27. The second kappa shape index (κ2) is 10.1. The van der Waals surface area contributed by atoms with E-state index in [0.717, 1.165) is 48.5 Å². The lowest BCUT2D eigenvalue weighted by molar-refractivity contribution is -0.117. The molecule has 0 radical (unpaired) electrons. The van der Waals surface area contributed by atoms with Crippen molar-refractivity contribution in [3.05, 3.63) is 51.2 Å². The Labute approximate surface area is 198 Å². The van der Waals surface area contributed by atoms with Crippen LogP contribution in [0.5, 0.6) is 0 Å². The number of aryl methyl sites for hydroxylation is 2. The standard InChI is InChI=1S/C25H32N4O3S/c1-16-12-20(6-7-21(16)25(32)28-11-3-4-18(14-28)9-10-26)29-15-19(13-23(29)30)27-24(31)22-8-5-17(2)33-22/h5-8,12,18-19H,3-4,9-11,13-15,26H2,1-2H3,(H,27,31). The molecule has 0 aliphatic carbocycles. The van der Waals surface area contributed by atoms with Gasteiger partial charge in [-0.1, -0.05) is 0 Å². The number of hydrogen-bond acceptors (Lipinski definition) is 5. The predicted octanol–water partition coefficient (Wildman–Crippen LogP) is 3.10. The zero-order valence-electron chi connectivity index (χ0n) is 19.3. The van der Waals surface area contributed by atoms with Crippen molar-refractivity contribution in [2.75, 3.05) is 31.1 Å². The molecule has 2 aromatic rings. The predicted molar refractivity (Wildman–Crippen MR) is 131 cm³/mol. The molecular weight excluding hydrogens is 436 g/mol. The molecule has 4 rings (SSSR count).